The molecule has 0 bridgehead atoms. The van der Waals surface area contributed by atoms with Crippen LogP contribution in [0.5, 0.6) is 0 Å². The topological polar surface area (TPSA) is 26.0 Å². The third-order valence-electron chi connectivity index (χ3n) is 1.51. The summed E-state index contributed by atoms with van der Waals surface area (Å²) in [5.41, 5.74) is 5.74. The van der Waals surface area contributed by atoms with Crippen LogP contribution in [0.25, 0.3) is 0 Å². The first-order valence-corrected chi connectivity index (χ1v) is 4.48. The van der Waals surface area contributed by atoms with E-state index in [4.69, 9.17) is 5.73 Å². The van der Waals surface area contributed by atoms with Crippen LogP contribution < -0.4 is 5.73 Å². The molecule has 0 aliphatic carbocycles. The highest BCUT2D eigenvalue weighted by atomic mass is 127. The second-order valence-corrected chi connectivity index (χ2v) is 3.66. The molecule has 1 atom stereocenters. The van der Waals surface area contributed by atoms with Crippen molar-refractivity contribution in [2.24, 2.45) is 5.73 Å². The van der Waals surface area contributed by atoms with Gasteiger partial charge < -0.3 is 5.73 Å². The maximum Gasteiger partial charge on any atom is 0.257 e. The highest BCUT2D eigenvalue weighted by molar-refractivity contribution is 14.1. The van der Waals surface area contributed by atoms with E-state index in [-0.39, 0.29) is 0 Å². The van der Waals surface area contributed by atoms with E-state index in [0.29, 0.717) is 5.56 Å². The normalized spacial score (nSPS) is 13.4. The van der Waals surface area contributed by atoms with Crippen LogP contribution in [-0.2, 0) is 0 Å². The van der Waals surface area contributed by atoms with Gasteiger partial charge in [0.15, 0.2) is 0 Å². The van der Waals surface area contributed by atoms with Crippen LogP contribution in [0, 0.1) is 3.57 Å². The predicted octanol–water partition coefficient (Wildman–Crippen LogP) is 2.56. The molecule has 1 rings (SSSR count). The first kappa shape index (κ1) is 9.85. The van der Waals surface area contributed by atoms with Gasteiger partial charge in [0.25, 0.3) is 6.43 Å². The number of benzene rings is 1. The Hall–Kier alpha value is -0.230. The number of nitrogens with two attached hydrogens (primary N) is 1. The lowest BCUT2D eigenvalue weighted by Gasteiger charge is -2.10. The van der Waals surface area contributed by atoms with Crippen LogP contribution in [-0.4, -0.2) is 6.43 Å². The van der Waals surface area contributed by atoms with Gasteiger partial charge in [-0.3, -0.25) is 0 Å². The Balaban J connectivity index is 2.88. The summed E-state index contributed by atoms with van der Waals surface area (Å²) in [6.45, 7) is 0. The smallest absolute Gasteiger partial charge is 0.257 e. The van der Waals surface area contributed by atoms with Gasteiger partial charge in [0.1, 0.15) is 0 Å². The first-order chi connectivity index (χ1) is 5.61. The van der Waals surface area contributed by atoms with Crippen LogP contribution in [0.1, 0.15) is 11.6 Å². The molecule has 0 spiro atoms. The Bertz CT molecular complexity index is 265. The molecule has 0 unspecified atom stereocenters. The van der Waals surface area contributed by atoms with Crippen molar-refractivity contribution in [2.45, 2.75) is 12.5 Å². The Morgan fingerprint density at radius 3 is 2.50 bits per heavy atom. The highest BCUT2D eigenvalue weighted by Crippen LogP contribution is 2.19. The van der Waals surface area contributed by atoms with Crippen molar-refractivity contribution in [3.8, 4) is 0 Å². The SMILES string of the molecule is N[C@H](c1cccc(I)c1)C(F)F. The zero-order valence-electron chi connectivity index (χ0n) is 6.18. The van der Waals surface area contributed by atoms with Crippen molar-refractivity contribution < 1.29 is 8.78 Å². The van der Waals surface area contributed by atoms with Gasteiger partial charge in [-0.2, -0.15) is 0 Å². The van der Waals surface area contributed by atoms with Gasteiger partial charge in [-0.25, -0.2) is 8.78 Å². The van der Waals surface area contributed by atoms with Crippen LogP contribution in [0.3, 0.4) is 0 Å². The lowest BCUT2D eigenvalue weighted by atomic mass is 10.1. The molecule has 0 aliphatic heterocycles. The standard InChI is InChI=1S/C8H8F2IN/c9-8(10)7(12)5-2-1-3-6(11)4-5/h1-4,7-8H,12H2/t7-/m1/s1. The third-order valence-corrected chi connectivity index (χ3v) is 2.18. The van der Waals surface area contributed by atoms with Crippen molar-refractivity contribution in [2.75, 3.05) is 0 Å². The number of hydrogen-bond donors (Lipinski definition) is 1. The molecule has 0 saturated heterocycles. The summed E-state index contributed by atoms with van der Waals surface area (Å²) in [4.78, 5) is 0. The van der Waals surface area contributed by atoms with Crippen molar-refractivity contribution in [1.29, 1.82) is 0 Å². The van der Waals surface area contributed by atoms with Crippen LogP contribution in [0.4, 0.5) is 8.78 Å². The molecule has 66 valence electrons. The van der Waals surface area contributed by atoms with E-state index in [1.54, 1.807) is 18.2 Å². The fraction of sp³-hybridized carbons (Fsp3) is 0.250. The van der Waals surface area contributed by atoms with Gasteiger partial charge in [-0.05, 0) is 40.3 Å². The Morgan fingerprint density at radius 1 is 1.33 bits per heavy atom. The molecule has 1 aromatic rings. The van der Waals surface area contributed by atoms with E-state index < -0.39 is 12.5 Å². The summed E-state index contributed by atoms with van der Waals surface area (Å²) in [6.07, 6.45) is -2.50. The van der Waals surface area contributed by atoms with Crippen molar-refractivity contribution in [3.05, 3.63) is 33.4 Å². The summed E-state index contributed by atoms with van der Waals surface area (Å²) < 4.78 is 25.2. The van der Waals surface area contributed by atoms with Crippen molar-refractivity contribution >= 4 is 22.6 Å². The molecular weight excluding hydrogens is 275 g/mol. The number of rotatable bonds is 2. The third kappa shape index (κ3) is 2.38. The average molecular weight is 283 g/mol. The Morgan fingerprint density at radius 2 is 2.00 bits per heavy atom. The molecule has 0 fully saturated rings. The van der Waals surface area contributed by atoms with Crippen LogP contribution in [0.15, 0.2) is 24.3 Å². The summed E-state index contributed by atoms with van der Waals surface area (Å²) in [7, 11) is 0. The minimum absolute atomic E-state index is 0.483. The second-order valence-electron chi connectivity index (χ2n) is 2.42. The van der Waals surface area contributed by atoms with E-state index in [9.17, 15) is 8.78 Å². The Labute approximate surface area is 83.1 Å². The molecule has 0 amide bonds. The molecule has 0 saturated carbocycles. The maximum atomic E-state index is 12.1. The number of halogens is 3. The quantitative estimate of drug-likeness (QED) is 0.829. The van der Waals surface area contributed by atoms with Gasteiger partial charge in [-0.15, -0.1) is 0 Å². The summed E-state index contributed by atoms with van der Waals surface area (Å²) in [6, 6.07) is 5.66. The van der Waals surface area contributed by atoms with Gasteiger partial charge in [0, 0.05) is 3.57 Å². The molecule has 12 heavy (non-hydrogen) atoms. The highest BCUT2D eigenvalue weighted by Gasteiger charge is 2.16. The molecule has 1 nitrogen and oxygen atoms in total. The largest absolute Gasteiger partial charge is 0.319 e. The van der Waals surface area contributed by atoms with E-state index in [0.717, 1.165) is 3.57 Å². The molecule has 1 aromatic carbocycles. The van der Waals surface area contributed by atoms with Crippen LogP contribution in [0.2, 0.25) is 0 Å². The van der Waals surface area contributed by atoms with Gasteiger partial charge in [-0.1, -0.05) is 12.1 Å². The van der Waals surface area contributed by atoms with Gasteiger partial charge in [0.2, 0.25) is 0 Å². The molecule has 0 heterocycles. The van der Waals surface area contributed by atoms with Crippen molar-refractivity contribution in [1.82, 2.24) is 0 Å². The second kappa shape index (κ2) is 4.13. The molecule has 4 heteroatoms. The number of hydrogen-bond acceptors (Lipinski definition) is 1. The van der Waals surface area contributed by atoms with Gasteiger partial charge in [0.05, 0.1) is 6.04 Å². The lowest BCUT2D eigenvalue weighted by Crippen LogP contribution is -2.18. The van der Waals surface area contributed by atoms with E-state index >= 15 is 0 Å². The molecule has 0 radical (unpaired) electrons. The first-order valence-electron chi connectivity index (χ1n) is 3.40. The Kier molecular flexibility index (Phi) is 3.39. The minimum Gasteiger partial charge on any atom is -0.319 e. The van der Waals surface area contributed by atoms with E-state index in [1.165, 1.54) is 0 Å². The average Bonchev–Trinajstić information content (AvgIpc) is 2.03. The fourth-order valence-electron chi connectivity index (χ4n) is 0.859. The maximum absolute atomic E-state index is 12.1. The zero-order valence-corrected chi connectivity index (χ0v) is 8.33. The summed E-state index contributed by atoms with van der Waals surface area (Å²) in [5, 5.41) is 0. The molecule has 0 aliphatic rings. The molecule has 2 N–H and O–H groups in total. The van der Waals surface area contributed by atoms with E-state index in [1.807, 2.05) is 6.07 Å². The summed E-state index contributed by atoms with van der Waals surface area (Å²) in [5.74, 6) is 0. The van der Waals surface area contributed by atoms with Crippen LogP contribution >= 0.6 is 22.6 Å². The minimum atomic E-state index is -2.50. The fourth-order valence-corrected chi connectivity index (χ4v) is 1.43. The molecule has 0 aromatic heterocycles. The van der Waals surface area contributed by atoms with Crippen molar-refractivity contribution in [3.63, 3.8) is 0 Å². The summed E-state index contributed by atoms with van der Waals surface area (Å²) >= 11 is 2.06. The van der Waals surface area contributed by atoms with Gasteiger partial charge >= 0.3 is 0 Å². The zero-order chi connectivity index (χ0) is 9.14. The lowest BCUT2D eigenvalue weighted by molar-refractivity contribution is 0.116. The predicted molar refractivity (Wildman–Crippen MR) is 52.1 cm³/mol. The molecular formula is C8H8F2IN. The van der Waals surface area contributed by atoms with E-state index in [2.05, 4.69) is 22.6 Å². The number of alkyl halides is 2. The monoisotopic (exact) mass is 283 g/mol.